The number of hydrogen-bond donors (Lipinski definition) is 2. The van der Waals surface area contributed by atoms with Crippen LogP contribution in [0.5, 0.6) is 11.5 Å². The van der Waals surface area contributed by atoms with Crippen molar-refractivity contribution in [2.45, 2.75) is 18.2 Å². The van der Waals surface area contributed by atoms with E-state index in [2.05, 4.69) is 15.5 Å². The fraction of sp³-hybridized carbons (Fsp3) is 0.115. The van der Waals surface area contributed by atoms with Crippen LogP contribution < -0.4 is 44.7 Å². The summed E-state index contributed by atoms with van der Waals surface area (Å²) in [6.45, 7) is 1.75. The molecule has 0 atom stereocenters. The number of amides is 1. The van der Waals surface area contributed by atoms with Crippen molar-refractivity contribution in [3.63, 3.8) is 0 Å². The Labute approximate surface area is 256 Å². The van der Waals surface area contributed by atoms with Crippen molar-refractivity contribution in [2.24, 2.45) is 10.2 Å². The molecule has 0 fully saturated rings. The van der Waals surface area contributed by atoms with Crippen LogP contribution in [0.25, 0.3) is 10.8 Å². The van der Waals surface area contributed by atoms with E-state index in [0.717, 1.165) is 6.07 Å². The van der Waals surface area contributed by atoms with Crippen LogP contribution in [0.1, 0.15) is 22.8 Å². The molecule has 0 unspecified atom stereocenters. The Morgan fingerprint density at radius 1 is 1.08 bits per heavy atom. The fourth-order valence-corrected chi connectivity index (χ4v) is 5.25. The summed E-state index contributed by atoms with van der Waals surface area (Å²) in [6, 6.07) is 15.6. The van der Waals surface area contributed by atoms with Gasteiger partial charge in [-0.2, -0.15) is 18.6 Å². The van der Waals surface area contributed by atoms with Gasteiger partial charge in [-0.05, 0) is 47.7 Å². The number of hydrogen-bond acceptors (Lipinski definition) is 7. The number of methoxy groups -OCH3 is 1. The number of carbonyl (C=O) groups is 1. The van der Waals surface area contributed by atoms with Gasteiger partial charge in [0.1, 0.15) is 4.90 Å². The summed E-state index contributed by atoms with van der Waals surface area (Å²) in [5, 5.41) is 25.4. The molecule has 0 aliphatic heterocycles. The summed E-state index contributed by atoms with van der Waals surface area (Å²) in [5.74, 6) is -1.18. The second-order valence-electron chi connectivity index (χ2n) is 8.04. The molecule has 0 aliphatic carbocycles. The number of nitrogens with zero attached hydrogens (tertiary/aromatic N) is 2. The number of para-hydroxylation sites is 1. The number of halogens is 2. The molecule has 4 aromatic rings. The Morgan fingerprint density at radius 2 is 1.79 bits per heavy atom. The van der Waals surface area contributed by atoms with Gasteiger partial charge in [0.2, 0.25) is 0 Å². The molecule has 0 heterocycles. The first kappa shape index (κ1) is 30.8. The Morgan fingerprint density at radius 3 is 2.46 bits per heavy atom. The van der Waals surface area contributed by atoms with Gasteiger partial charge in [0, 0.05) is 10.9 Å². The third kappa shape index (κ3) is 6.55. The topological polar surface area (TPSA) is 140 Å². The molecular weight excluding hydrogens is 576 g/mol. The van der Waals surface area contributed by atoms with E-state index < -0.39 is 26.7 Å². The predicted octanol–water partition coefficient (Wildman–Crippen LogP) is 3.71. The van der Waals surface area contributed by atoms with E-state index in [-0.39, 0.29) is 68.0 Å². The number of anilines is 1. The van der Waals surface area contributed by atoms with Crippen molar-refractivity contribution >= 4 is 67.1 Å². The maximum absolute atomic E-state index is 13.4. The summed E-state index contributed by atoms with van der Waals surface area (Å²) < 4.78 is 38.4. The number of carbonyl (C=O) groups excluding carboxylic acids is 1. The maximum Gasteiger partial charge on any atom is 1.00 e. The maximum atomic E-state index is 13.4. The third-order valence-electron chi connectivity index (χ3n) is 5.66. The zero-order chi connectivity index (χ0) is 27.6. The van der Waals surface area contributed by atoms with Crippen molar-refractivity contribution in [3.05, 3.63) is 81.8 Å². The van der Waals surface area contributed by atoms with E-state index in [1.807, 2.05) is 0 Å². The second kappa shape index (κ2) is 12.6. The Bertz CT molecular complexity index is 1710. The first-order chi connectivity index (χ1) is 18.0. The van der Waals surface area contributed by atoms with Gasteiger partial charge in [0.15, 0.2) is 5.75 Å². The molecule has 0 spiro atoms. The van der Waals surface area contributed by atoms with Gasteiger partial charge in [0.25, 0.3) is 16.0 Å². The van der Waals surface area contributed by atoms with E-state index in [4.69, 9.17) is 27.9 Å². The van der Waals surface area contributed by atoms with E-state index in [9.17, 15) is 22.9 Å². The number of azo groups is 1. The molecule has 0 saturated carbocycles. The van der Waals surface area contributed by atoms with Crippen LogP contribution in [0.2, 0.25) is 10.0 Å². The van der Waals surface area contributed by atoms with E-state index in [1.165, 1.54) is 19.2 Å². The van der Waals surface area contributed by atoms with Gasteiger partial charge in [-0.25, -0.2) is 0 Å². The zero-order valence-corrected chi connectivity index (χ0v) is 25.4. The molecule has 0 radical (unpaired) electrons. The molecule has 0 saturated heterocycles. The molecular formula is C26H20Cl2N3NaO6S. The number of aryl methyl sites for hydroxylation is 1. The van der Waals surface area contributed by atoms with Gasteiger partial charge in [-0.15, -0.1) is 0 Å². The summed E-state index contributed by atoms with van der Waals surface area (Å²) in [7, 11) is -3.24. The Kier molecular flexibility index (Phi) is 10.0. The second-order valence-corrected chi connectivity index (χ2v) is 10.2. The predicted molar refractivity (Wildman–Crippen MR) is 144 cm³/mol. The molecule has 9 nitrogen and oxygen atoms in total. The molecule has 13 heteroatoms. The van der Waals surface area contributed by atoms with Crippen LogP contribution in [0.4, 0.5) is 17.1 Å². The van der Waals surface area contributed by atoms with E-state index in [0.29, 0.717) is 22.8 Å². The van der Waals surface area contributed by atoms with Crippen LogP contribution in [-0.2, 0) is 16.5 Å². The van der Waals surface area contributed by atoms with Crippen molar-refractivity contribution in [1.29, 1.82) is 0 Å². The van der Waals surface area contributed by atoms with Gasteiger partial charge in [-0.3, -0.25) is 9.35 Å². The minimum atomic E-state index is -4.64. The fourth-order valence-electron chi connectivity index (χ4n) is 3.83. The van der Waals surface area contributed by atoms with Crippen LogP contribution in [0.3, 0.4) is 0 Å². The smallest absolute Gasteiger partial charge is 0.870 e. The number of rotatable bonds is 7. The SMILES string of the molecule is CCc1cc(N=Nc2c([O-])c(C(=O)Nc3cccc(Cl)c3OC)cc3ccccc23)cc(S(=O)(=O)O)c1Cl.[Na+]. The molecule has 0 aromatic heterocycles. The van der Waals surface area contributed by atoms with Crippen LogP contribution in [-0.4, -0.2) is 26.0 Å². The van der Waals surface area contributed by atoms with Gasteiger partial charge in [-0.1, -0.05) is 66.2 Å². The molecule has 0 aliphatic rings. The van der Waals surface area contributed by atoms with E-state index >= 15 is 0 Å². The standard InChI is InChI=1S/C26H21Cl2N3O6S.Na/c1-3-14-11-16(13-21(22(14)28)38(34,35)36)30-31-23-17-8-5-4-7-15(17)12-18(24(23)32)26(33)29-20-10-6-9-19(27)25(20)37-2;/h4-13,32H,3H2,1-2H3,(H,29,33)(H,34,35,36);/q;+1/p-1. The summed E-state index contributed by atoms with van der Waals surface area (Å²) in [6.07, 6.45) is 0.350. The number of fused-ring (bicyclic) bond motifs is 1. The molecule has 0 bridgehead atoms. The first-order valence-corrected chi connectivity index (χ1v) is 13.3. The Balaban J connectivity index is 0.00000420. The van der Waals surface area contributed by atoms with Crippen molar-refractivity contribution in [3.8, 4) is 11.5 Å². The molecule has 2 N–H and O–H groups in total. The third-order valence-corrected chi connectivity index (χ3v) is 7.40. The van der Waals surface area contributed by atoms with Gasteiger partial charge >= 0.3 is 29.6 Å². The van der Waals surface area contributed by atoms with Crippen LogP contribution >= 0.6 is 23.2 Å². The number of ether oxygens (including phenoxy) is 1. The average molecular weight is 596 g/mol. The summed E-state index contributed by atoms with van der Waals surface area (Å²) in [4.78, 5) is 12.6. The molecule has 4 aromatic carbocycles. The van der Waals surface area contributed by atoms with Gasteiger partial charge < -0.3 is 15.2 Å². The average Bonchev–Trinajstić information content (AvgIpc) is 2.88. The minimum absolute atomic E-state index is 0. The van der Waals surface area contributed by atoms with Crippen molar-refractivity contribution in [2.75, 3.05) is 12.4 Å². The van der Waals surface area contributed by atoms with Crippen molar-refractivity contribution in [1.82, 2.24) is 0 Å². The van der Waals surface area contributed by atoms with Crippen molar-refractivity contribution < 1.29 is 57.2 Å². The van der Waals surface area contributed by atoms with Crippen LogP contribution in [0.15, 0.2) is 75.8 Å². The molecule has 4 rings (SSSR count). The van der Waals surface area contributed by atoms with Crippen LogP contribution in [0, 0.1) is 0 Å². The summed E-state index contributed by atoms with van der Waals surface area (Å²) >= 11 is 12.3. The molecule has 39 heavy (non-hydrogen) atoms. The largest absolute Gasteiger partial charge is 1.00 e. The monoisotopic (exact) mass is 595 g/mol. The van der Waals surface area contributed by atoms with E-state index in [1.54, 1.807) is 49.4 Å². The first-order valence-electron chi connectivity index (χ1n) is 11.1. The normalized spacial score (nSPS) is 11.4. The quantitative estimate of drug-likeness (QED) is 0.189. The molecule has 1 amide bonds. The Hall–Kier alpha value is -2.70. The summed E-state index contributed by atoms with van der Waals surface area (Å²) in [5.41, 5.74) is 0.385. The zero-order valence-electron chi connectivity index (χ0n) is 21.0. The number of nitrogens with one attached hydrogen (secondary N) is 1. The number of benzene rings is 4. The minimum Gasteiger partial charge on any atom is -0.870 e. The molecule has 196 valence electrons. The van der Waals surface area contributed by atoms with Gasteiger partial charge in [0.05, 0.1) is 34.2 Å².